The molecule has 4 heteroatoms. The second-order valence-corrected chi connectivity index (χ2v) is 5.64. The van der Waals surface area contributed by atoms with Gasteiger partial charge in [0.25, 0.3) is 0 Å². The molecule has 1 unspecified atom stereocenters. The first-order valence-electron chi connectivity index (χ1n) is 6.38. The molecule has 0 bridgehead atoms. The number of nitrogens with one attached hydrogen (secondary N) is 1. The van der Waals surface area contributed by atoms with Crippen molar-refractivity contribution in [2.24, 2.45) is 5.41 Å². The van der Waals surface area contributed by atoms with Gasteiger partial charge in [-0.25, -0.2) is 4.79 Å². The fourth-order valence-corrected chi connectivity index (χ4v) is 1.59. The van der Waals surface area contributed by atoms with Crippen molar-refractivity contribution in [2.75, 3.05) is 0 Å². The highest BCUT2D eigenvalue weighted by molar-refractivity contribution is 5.86. The van der Waals surface area contributed by atoms with E-state index in [4.69, 9.17) is 5.11 Å². The van der Waals surface area contributed by atoms with E-state index >= 15 is 0 Å². The first-order valence-corrected chi connectivity index (χ1v) is 6.38. The van der Waals surface area contributed by atoms with E-state index in [0.717, 1.165) is 5.56 Å². The predicted molar refractivity (Wildman–Crippen MR) is 73.8 cm³/mol. The van der Waals surface area contributed by atoms with E-state index in [2.05, 4.69) is 5.32 Å². The van der Waals surface area contributed by atoms with Gasteiger partial charge in [-0.2, -0.15) is 0 Å². The molecule has 0 radical (unpaired) electrons. The van der Waals surface area contributed by atoms with Crippen LogP contribution in [0.15, 0.2) is 30.3 Å². The van der Waals surface area contributed by atoms with Gasteiger partial charge in [-0.05, 0) is 18.4 Å². The van der Waals surface area contributed by atoms with E-state index in [1.807, 2.05) is 30.3 Å². The van der Waals surface area contributed by atoms with Crippen molar-refractivity contribution in [2.45, 2.75) is 39.7 Å². The van der Waals surface area contributed by atoms with E-state index in [0.29, 0.717) is 12.8 Å². The highest BCUT2D eigenvalue weighted by Gasteiger charge is 2.27. The third-order valence-corrected chi connectivity index (χ3v) is 2.85. The maximum Gasteiger partial charge on any atom is 0.326 e. The van der Waals surface area contributed by atoms with Crippen LogP contribution in [0.4, 0.5) is 0 Å². The smallest absolute Gasteiger partial charge is 0.326 e. The van der Waals surface area contributed by atoms with Gasteiger partial charge in [0.05, 0.1) is 0 Å². The van der Waals surface area contributed by atoms with Crippen LogP contribution in [0, 0.1) is 5.41 Å². The molecule has 0 spiro atoms. The first kappa shape index (κ1) is 15.2. The van der Waals surface area contributed by atoms with Crippen LogP contribution in [-0.2, 0) is 16.0 Å². The lowest BCUT2D eigenvalue weighted by molar-refractivity contribution is -0.143. The molecular weight excluding hydrogens is 242 g/mol. The van der Waals surface area contributed by atoms with Crippen molar-refractivity contribution in [3.05, 3.63) is 35.9 Å². The number of aryl methyl sites for hydroxylation is 1. The number of carbonyl (C=O) groups excluding carboxylic acids is 1. The van der Waals surface area contributed by atoms with E-state index in [9.17, 15) is 9.59 Å². The molecule has 4 nitrogen and oxygen atoms in total. The number of hydrogen-bond acceptors (Lipinski definition) is 2. The maximum absolute atomic E-state index is 11.8. The van der Waals surface area contributed by atoms with Crippen molar-refractivity contribution in [1.82, 2.24) is 5.32 Å². The Balaban J connectivity index is 2.59. The number of carboxylic acids is 1. The molecule has 1 aromatic rings. The molecule has 0 heterocycles. The Hall–Kier alpha value is -1.84. The summed E-state index contributed by atoms with van der Waals surface area (Å²) in [6, 6.07) is 8.80. The Bertz CT molecular complexity index is 434. The molecule has 0 saturated carbocycles. The zero-order chi connectivity index (χ0) is 14.5. The van der Waals surface area contributed by atoms with Crippen LogP contribution in [-0.4, -0.2) is 23.0 Å². The van der Waals surface area contributed by atoms with Gasteiger partial charge in [-0.1, -0.05) is 51.1 Å². The Morgan fingerprint density at radius 2 is 1.79 bits per heavy atom. The minimum atomic E-state index is -0.992. The zero-order valence-corrected chi connectivity index (χ0v) is 11.6. The fourth-order valence-electron chi connectivity index (χ4n) is 1.59. The summed E-state index contributed by atoms with van der Waals surface area (Å²) in [6.07, 6.45) is 1.02. The van der Waals surface area contributed by atoms with Crippen molar-refractivity contribution in [1.29, 1.82) is 0 Å². The lowest BCUT2D eigenvalue weighted by Gasteiger charge is -2.21. The van der Waals surface area contributed by atoms with Crippen LogP contribution < -0.4 is 5.32 Å². The third-order valence-electron chi connectivity index (χ3n) is 2.85. The Morgan fingerprint density at radius 3 is 2.26 bits per heavy atom. The van der Waals surface area contributed by atoms with E-state index < -0.39 is 17.4 Å². The monoisotopic (exact) mass is 263 g/mol. The van der Waals surface area contributed by atoms with E-state index in [1.54, 1.807) is 20.8 Å². The number of benzene rings is 1. The molecule has 2 N–H and O–H groups in total. The molecule has 0 aliphatic carbocycles. The van der Waals surface area contributed by atoms with Crippen molar-refractivity contribution >= 4 is 11.9 Å². The van der Waals surface area contributed by atoms with Gasteiger partial charge < -0.3 is 10.4 Å². The van der Waals surface area contributed by atoms with E-state index in [1.165, 1.54) is 0 Å². The largest absolute Gasteiger partial charge is 0.480 e. The maximum atomic E-state index is 11.8. The summed E-state index contributed by atoms with van der Waals surface area (Å²) in [7, 11) is 0. The molecule has 19 heavy (non-hydrogen) atoms. The van der Waals surface area contributed by atoms with Crippen LogP contribution in [0.3, 0.4) is 0 Å². The Labute approximate surface area is 113 Å². The third kappa shape index (κ3) is 5.12. The van der Waals surface area contributed by atoms with Gasteiger partial charge in [0.2, 0.25) is 5.91 Å². The summed E-state index contributed by atoms with van der Waals surface area (Å²) in [5.74, 6) is -1.23. The molecule has 1 rings (SSSR count). The minimum absolute atomic E-state index is 0.243. The van der Waals surface area contributed by atoms with Crippen LogP contribution >= 0.6 is 0 Å². The standard InChI is InChI=1S/C15H21NO3/c1-15(2,3)14(19)16-12(13(17)18)10-9-11-7-5-4-6-8-11/h4-8,12H,9-10H2,1-3H3,(H,16,19)(H,17,18). The lowest BCUT2D eigenvalue weighted by atomic mass is 9.94. The molecular formula is C15H21NO3. The molecule has 0 aliphatic rings. The quantitative estimate of drug-likeness (QED) is 0.856. The summed E-state index contributed by atoms with van der Waals surface area (Å²) in [4.78, 5) is 23.0. The SMILES string of the molecule is CC(C)(C)C(=O)NC(CCc1ccccc1)C(=O)O. The number of rotatable bonds is 5. The topological polar surface area (TPSA) is 66.4 Å². The number of carboxylic acid groups (broad SMARTS) is 1. The van der Waals surface area contributed by atoms with Gasteiger partial charge in [0, 0.05) is 5.41 Å². The Kier molecular flexibility index (Phi) is 5.10. The summed E-state index contributed by atoms with van der Waals surface area (Å²) >= 11 is 0. The predicted octanol–water partition coefficient (Wildman–Crippen LogP) is 2.23. The van der Waals surface area contributed by atoms with Gasteiger partial charge >= 0.3 is 5.97 Å². The summed E-state index contributed by atoms with van der Waals surface area (Å²) in [5, 5.41) is 11.7. The van der Waals surface area contributed by atoms with Crippen LogP contribution in [0.5, 0.6) is 0 Å². The van der Waals surface area contributed by atoms with Gasteiger partial charge in [0.1, 0.15) is 6.04 Å². The zero-order valence-electron chi connectivity index (χ0n) is 11.6. The summed E-state index contributed by atoms with van der Waals surface area (Å²) in [5.41, 5.74) is 0.485. The average molecular weight is 263 g/mol. The molecule has 1 aromatic carbocycles. The van der Waals surface area contributed by atoms with Gasteiger partial charge in [-0.3, -0.25) is 4.79 Å². The number of carbonyl (C=O) groups is 2. The highest BCUT2D eigenvalue weighted by Crippen LogP contribution is 2.14. The summed E-state index contributed by atoms with van der Waals surface area (Å²) in [6.45, 7) is 5.29. The van der Waals surface area contributed by atoms with Gasteiger partial charge in [-0.15, -0.1) is 0 Å². The second kappa shape index (κ2) is 6.36. The van der Waals surface area contributed by atoms with Gasteiger partial charge in [0.15, 0.2) is 0 Å². The van der Waals surface area contributed by atoms with Crippen LogP contribution in [0.25, 0.3) is 0 Å². The number of aliphatic carboxylic acids is 1. The van der Waals surface area contributed by atoms with E-state index in [-0.39, 0.29) is 5.91 Å². The minimum Gasteiger partial charge on any atom is -0.480 e. The van der Waals surface area contributed by atoms with Crippen molar-refractivity contribution in [3.8, 4) is 0 Å². The molecule has 0 fully saturated rings. The van der Waals surface area contributed by atoms with Crippen LogP contribution in [0.1, 0.15) is 32.8 Å². The summed E-state index contributed by atoms with van der Waals surface area (Å²) < 4.78 is 0. The normalized spacial score (nSPS) is 12.8. The van der Waals surface area contributed by atoms with Crippen LogP contribution in [0.2, 0.25) is 0 Å². The number of amides is 1. The highest BCUT2D eigenvalue weighted by atomic mass is 16.4. The van der Waals surface area contributed by atoms with Crippen molar-refractivity contribution < 1.29 is 14.7 Å². The van der Waals surface area contributed by atoms with Crippen molar-refractivity contribution in [3.63, 3.8) is 0 Å². The molecule has 1 amide bonds. The second-order valence-electron chi connectivity index (χ2n) is 5.64. The molecule has 104 valence electrons. The molecule has 0 saturated heterocycles. The molecule has 0 aromatic heterocycles. The average Bonchev–Trinajstić information content (AvgIpc) is 2.33. The molecule has 0 aliphatic heterocycles. The Morgan fingerprint density at radius 1 is 1.21 bits per heavy atom. The molecule has 1 atom stereocenters. The lowest BCUT2D eigenvalue weighted by Crippen LogP contribution is -2.45. The number of hydrogen-bond donors (Lipinski definition) is 2. The first-order chi connectivity index (χ1) is 8.80. The fraction of sp³-hybridized carbons (Fsp3) is 0.467.